The van der Waals surface area contributed by atoms with Crippen molar-refractivity contribution in [2.24, 2.45) is 0 Å². The Hall–Kier alpha value is -2.81. The van der Waals surface area contributed by atoms with Gasteiger partial charge in [-0.3, -0.25) is 14.2 Å². The van der Waals surface area contributed by atoms with Crippen LogP contribution in [0.3, 0.4) is 0 Å². The van der Waals surface area contributed by atoms with Gasteiger partial charge in [-0.1, -0.05) is 35.5 Å². The van der Waals surface area contributed by atoms with E-state index in [-0.39, 0.29) is 17.2 Å². The van der Waals surface area contributed by atoms with Crippen LogP contribution in [0, 0.1) is 13.8 Å². The second-order valence-corrected chi connectivity index (χ2v) is 11.0. The summed E-state index contributed by atoms with van der Waals surface area (Å²) in [5, 5.41) is 4.69. The fourth-order valence-electron chi connectivity index (χ4n) is 4.36. The Morgan fingerprint density at radius 2 is 2.09 bits per heavy atom. The van der Waals surface area contributed by atoms with Crippen LogP contribution in [0.2, 0.25) is 5.02 Å². The summed E-state index contributed by atoms with van der Waals surface area (Å²) in [6, 6.07) is 11.2. The number of hydrogen-bond donors (Lipinski definition) is 1. The third kappa shape index (κ3) is 4.58. The number of fused-ring (bicyclic) bond motifs is 3. The van der Waals surface area contributed by atoms with Gasteiger partial charge in [0.15, 0.2) is 5.16 Å². The zero-order valence-electron chi connectivity index (χ0n) is 19.6. The van der Waals surface area contributed by atoms with Crippen molar-refractivity contribution in [1.82, 2.24) is 9.55 Å². The number of halogens is 1. The van der Waals surface area contributed by atoms with Crippen LogP contribution < -0.4 is 15.6 Å². The third-order valence-corrected chi connectivity index (χ3v) is 8.59. The largest absolute Gasteiger partial charge is 0.495 e. The smallest absolute Gasteiger partial charge is 0.267 e. The molecule has 1 N–H and O–H groups in total. The summed E-state index contributed by atoms with van der Waals surface area (Å²) in [6.07, 6.45) is 2.98. The van der Waals surface area contributed by atoms with E-state index < -0.39 is 0 Å². The number of methoxy groups -OCH3 is 1. The van der Waals surface area contributed by atoms with Gasteiger partial charge in [-0.05, 0) is 68.0 Å². The number of aromatic nitrogens is 2. The lowest BCUT2D eigenvalue weighted by Gasteiger charge is -2.14. The summed E-state index contributed by atoms with van der Waals surface area (Å²) in [5.74, 6) is 0.344. The van der Waals surface area contributed by atoms with E-state index in [1.54, 1.807) is 28.0 Å². The van der Waals surface area contributed by atoms with E-state index >= 15 is 0 Å². The van der Waals surface area contributed by atoms with Gasteiger partial charge in [0.1, 0.15) is 10.6 Å². The highest BCUT2D eigenvalue weighted by atomic mass is 35.5. The van der Waals surface area contributed by atoms with Crippen LogP contribution in [-0.2, 0) is 17.6 Å². The first-order valence-corrected chi connectivity index (χ1v) is 13.4. The molecule has 0 radical (unpaired) electrons. The lowest BCUT2D eigenvalue weighted by atomic mass is 10.2. The predicted molar refractivity (Wildman–Crippen MR) is 144 cm³/mol. The Bertz CT molecular complexity index is 1530. The molecule has 5 rings (SSSR count). The minimum Gasteiger partial charge on any atom is -0.495 e. The molecule has 9 heteroatoms. The number of nitrogens with zero attached hydrogens (tertiary/aromatic N) is 2. The van der Waals surface area contributed by atoms with Gasteiger partial charge >= 0.3 is 0 Å². The second kappa shape index (κ2) is 9.68. The SMILES string of the molecule is COc1cc(Cl)c(C)cc1NC(=O)CSc1nc2sc3c(c2c(=O)n1-c1cccc(C)c1)CCC3. The first-order valence-electron chi connectivity index (χ1n) is 11.3. The molecule has 2 heterocycles. The van der Waals surface area contributed by atoms with E-state index in [1.807, 2.05) is 38.1 Å². The van der Waals surface area contributed by atoms with E-state index in [0.717, 1.165) is 51.9 Å². The van der Waals surface area contributed by atoms with Crippen LogP contribution in [0.15, 0.2) is 46.3 Å². The number of benzene rings is 2. The van der Waals surface area contributed by atoms with Crippen molar-refractivity contribution < 1.29 is 9.53 Å². The van der Waals surface area contributed by atoms with Gasteiger partial charge in [0.2, 0.25) is 5.91 Å². The van der Waals surface area contributed by atoms with Crippen molar-refractivity contribution in [2.75, 3.05) is 18.2 Å². The average Bonchev–Trinajstić information content (AvgIpc) is 3.41. The molecular weight excluding hydrogens is 502 g/mol. The molecule has 2 aromatic carbocycles. The maximum absolute atomic E-state index is 13.8. The number of thioether (sulfide) groups is 1. The van der Waals surface area contributed by atoms with Crippen molar-refractivity contribution >= 4 is 56.5 Å². The van der Waals surface area contributed by atoms with E-state index in [9.17, 15) is 9.59 Å². The molecule has 180 valence electrons. The molecule has 0 saturated carbocycles. The highest BCUT2D eigenvalue weighted by Crippen LogP contribution is 2.36. The first-order chi connectivity index (χ1) is 16.9. The van der Waals surface area contributed by atoms with Gasteiger partial charge in [0, 0.05) is 16.0 Å². The number of amides is 1. The Balaban J connectivity index is 1.49. The Labute approximate surface area is 216 Å². The summed E-state index contributed by atoms with van der Waals surface area (Å²) < 4.78 is 7.01. The van der Waals surface area contributed by atoms with E-state index in [2.05, 4.69) is 5.32 Å². The molecule has 2 aromatic heterocycles. The molecule has 0 fully saturated rings. The summed E-state index contributed by atoms with van der Waals surface area (Å²) >= 11 is 9.03. The molecule has 0 aliphatic heterocycles. The first kappa shape index (κ1) is 23.9. The zero-order valence-corrected chi connectivity index (χ0v) is 22.0. The normalized spacial score (nSPS) is 12.7. The molecular formula is C26H24ClN3O3S2. The van der Waals surface area contributed by atoms with Crippen LogP contribution in [-0.4, -0.2) is 28.3 Å². The molecule has 1 amide bonds. The fraction of sp³-hybridized carbons (Fsp3) is 0.269. The number of anilines is 1. The Morgan fingerprint density at radius 1 is 1.26 bits per heavy atom. The molecule has 0 saturated heterocycles. The van der Waals surface area contributed by atoms with Crippen LogP contribution in [0.4, 0.5) is 5.69 Å². The maximum Gasteiger partial charge on any atom is 0.267 e. The molecule has 1 aliphatic rings. The van der Waals surface area contributed by atoms with Gasteiger partial charge in [-0.25, -0.2) is 4.98 Å². The number of rotatable bonds is 6. The molecule has 0 atom stereocenters. The van der Waals surface area contributed by atoms with Gasteiger partial charge in [0.25, 0.3) is 5.56 Å². The predicted octanol–water partition coefficient (Wildman–Crippen LogP) is 5.95. The Kier molecular flexibility index (Phi) is 6.61. The van der Waals surface area contributed by atoms with E-state index in [4.69, 9.17) is 21.3 Å². The number of thiophene rings is 1. The van der Waals surface area contributed by atoms with Gasteiger partial charge < -0.3 is 10.1 Å². The summed E-state index contributed by atoms with van der Waals surface area (Å²) in [5.41, 5.74) is 4.25. The van der Waals surface area contributed by atoms with Crippen molar-refractivity contribution in [3.05, 3.63) is 73.3 Å². The second-order valence-electron chi connectivity index (χ2n) is 8.55. The zero-order chi connectivity index (χ0) is 24.7. The lowest BCUT2D eigenvalue weighted by molar-refractivity contribution is -0.113. The minimum atomic E-state index is -0.228. The third-order valence-electron chi connectivity index (χ3n) is 6.06. The van der Waals surface area contributed by atoms with Crippen molar-refractivity contribution in [2.45, 2.75) is 38.3 Å². The number of ether oxygens (including phenoxy) is 1. The fourth-order valence-corrected chi connectivity index (χ4v) is 6.63. The van der Waals surface area contributed by atoms with Crippen LogP contribution >= 0.6 is 34.7 Å². The molecule has 0 bridgehead atoms. The summed E-state index contributed by atoms with van der Waals surface area (Å²) in [4.78, 5) is 33.5. The monoisotopic (exact) mass is 525 g/mol. The quantitative estimate of drug-likeness (QED) is 0.249. The molecule has 6 nitrogen and oxygen atoms in total. The topological polar surface area (TPSA) is 73.2 Å². The van der Waals surface area contributed by atoms with E-state index in [1.165, 1.54) is 23.7 Å². The van der Waals surface area contributed by atoms with Crippen molar-refractivity contribution in [1.29, 1.82) is 0 Å². The number of aryl methyl sites for hydroxylation is 4. The average molecular weight is 526 g/mol. The van der Waals surface area contributed by atoms with Crippen LogP contribution in [0.5, 0.6) is 5.75 Å². The minimum absolute atomic E-state index is 0.0714. The summed E-state index contributed by atoms with van der Waals surface area (Å²) in [7, 11) is 1.53. The number of carbonyl (C=O) groups excluding carboxylic acids is 1. The molecule has 0 unspecified atom stereocenters. The molecule has 4 aromatic rings. The van der Waals surface area contributed by atoms with Gasteiger partial charge in [0.05, 0.1) is 29.6 Å². The number of carbonyl (C=O) groups is 1. The van der Waals surface area contributed by atoms with Gasteiger partial charge in [-0.15, -0.1) is 11.3 Å². The maximum atomic E-state index is 13.8. The van der Waals surface area contributed by atoms with Crippen LogP contribution in [0.25, 0.3) is 15.9 Å². The molecule has 0 spiro atoms. The highest BCUT2D eigenvalue weighted by Gasteiger charge is 2.24. The van der Waals surface area contributed by atoms with E-state index in [0.29, 0.717) is 21.6 Å². The summed E-state index contributed by atoms with van der Waals surface area (Å²) in [6.45, 7) is 3.86. The standard InChI is InChI=1S/C26H24ClN3O3S2/c1-14-6-4-7-16(10-14)30-25(32)23-17-8-5-9-21(17)35-24(23)29-26(30)34-13-22(31)28-19-11-15(2)18(27)12-20(19)33-3/h4,6-7,10-12H,5,8-9,13H2,1-3H3,(H,28,31). The number of hydrogen-bond acceptors (Lipinski definition) is 6. The van der Waals surface area contributed by atoms with Gasteiger partial charge in [-0.2, -0.15) is 0 Å². The molecule has 1 aliphatic carbocycles. The van der Waals surface area contributed by atoms with Crippen LogP contribution in [0.1, 0.15) is 28.0 Å². The van der Waals surface area contributed by atoms with Crippen molar-refractivity contribution in [3.63, 3.8) is 0 Å². The van der Waals surface area contributed by atoms with Crippen molar-refractivity contribution in [3.8, 4) is 11.4 Å². The Morgan fingerprint density at radius 3 is 2.86 bits per heavy atom. The molecule has 35 heavy (non-hydrogen) atoms. The highest BCUT2D eigenvalue weighted by molar-refractivity contribution is 7.99. The lowest BCUT2D eigenvalue weighted by Crippen LogP contribution is -2.23. The number of nitrogens with one attached hydrogen (secondary N) is 1.